The third kappa shape index (κ3) is 6.75. The number of aromatic nitrogens is 2. The lowest BCUT2D eigenvalue weighted by Crippen LogP contribution is -2.34. The molecule has 142 valence electrons. The highest BCUT2D eigenvalue weighted by Crippen LogP contribution is 2.21. The van der Waals surface area contributed by atoms with Gasteiger partial charge in [0.05, 0.1) is 18.0 Å². The Labute approximate surface area is 144 Å². The molecule has 0 radical (unpaired) electrons. The van der Waals surface area contributed by atoms with Gasteiger partial charge < -0.3 is 10.4 Å². The molecule has 0 aromatic carbocycles. The summed E-state index contributed by atoms with van der Waals surface area (Å²) in [5, 5.41) is 15.5. The molecule has 1 heterocycles. The number of aliphatic carboxylic acids is 1. The maximum Gasteiger partial charge on any atom is 0.408 e. The standard InChI is InChI=1S/C16H24F3N3O3/c1-9(2)5-12(15(24)25)7-20-14(23)6-13-10(3)21-22(11(13)4)8-16(17,18)19/h9,12H,5-8H2,1-4H3,(H,20,23)(H,24,25). The molecular formula is C16H24F3N3O3. The summed E-state index contributed by atoms with van der Waals surface area (Å²) in [6, 6.07) is 0. The van der Waals surface area contributed by atoms with Gasteiger partial charge in [-0.3, -0.25) is 14.3 Å². The van der Waals surface area contributed by atoms with Crippen LogP contribution in [0.3, 0.4) is 0 Å². The first-order chi connectivity index (χ1) is 11.4. The Bertz CT molecular complexity index is 624. The lowest BCUT2D eigenvalue weighted by Gasteiger charge is -2.15. The molecule has 1 unspecified atom stereocenters. The molecule has 1 rings (SSSR count). The molecule has 6 nitrogen and oxygen atoms in total. The van der Waals surface area contributed by atoms with Crippen LogP contribution in [0.4, 0.5) is 13.2 Å². The van der Waals surface area contributed by atoms with E-state index < -0.39 is 30.5 Å². The number of rotatable bonds is 8. The molecule has 0 saturated carbocycles. The largest absolute Gasteiger partial charge is 0.481 e. The molecule has 1 aromatic rings. The van der Waals surface area contributed by atoms with Gasteiger partial charge in [0.15, 0.2) is 0 Å². The first-order valence-corrected chi connectivity index (χ1v) is 7.99. The molecule has 2 N–H and O–H groups in total. The highest BCUT2D eigenvalue weighted by Gasteiger charge is 2.30. The Balaban J connectivity index is 2.72. The molecule has 1 amide bonds. The monoisotopic (exact) mass is 363 g/mol. The fourth-order valence-electron chi connectivity index (χ4n) is 2.61. The second-order valence-electron chi connectivity index (χ2n) is 6.57. The Kier molecular flexibility index (Phi) is 7.01. The fourth-order valence-corrected chi connectivity index (χ4v) is 2.61. The van der Waals surface area contributed by atoms with Crippen molar-refractivity contribution in [1.29, 1.82) is 0 Å². The number of hydrogen-bond donors (Lipinski definition) is 2. The van der Waals surface area contributed by atoms with Crippen molar-refractivity contribution < 1.29 is 27.9 Å². The quantitative estimate of drug-likeness (QED) is 0.743. The third-order valence-electron chi connectivity index (χ3n) is 3.85. The summed E-state index contributed by atoms with van der Waals surface area (Å²) < 4.78 is 38.4. The van der Waals surface area contributed by atoms with Crippen LogP contribution in [0.2, 0.25) is 0 Å². The van der Waals surface area contributed by atoms with Crippen molar-refractivity contribution >= 4 is 11.9 Å². The van der Waals surface area contributed by atoms with E-state index in [9.17, 15) is 22.8 Å². The number of aryl methyl sites for hydroxylation is 1. The number of carboxylic acids is 1. The summed E-state index contributed by atoms with van der Waals surface area (Å²) in [6.07, 6.45) is -4.10. The molecular weight excluding hydrogens is 339 g/mol. The van der Waals surface area contributed by atoms with E-state index in [1.165, 1.54) is 6.92 Å². The van der Waals surface area contributed by atoms with E-state index in [1.807, 2.05) is 13.8 Å². The van der Waals surface area contributed by atoms with Crippen LogP contribution in [0.15, 0.2) is 0 Å². The van der Waals surface area contributed by atoms with Crippen LogP contribution in [0, 0.1) is 25.7 Å². The molecule has 0 saturated heterocycles. The molecule has 0 spiro atoms. The number of carbonyl (C=O) groups is 2. The van der Waals surface area contributed by atoms with E-state index in [0.29, 0.717) is 17.7 Å². The number of carboxylic acid groups (broad SMARTS) is 1. The maximum atomic E-state index is 12.5. The normalized spacial score (nSPS) is 13.1. The van der Waals surface area contributed by atoms with Crippen LogP contribution in [0.1, 0.15) is 37.2 Å². The Morgan fingerprint density at radius 2 is 1.88 bits per heavy atom. The molecule has 9 heteroatoms. The van der Waals surface area contributed by atoms with Crippen molar-refractivity contribution in [2.24, 2.45) is 11.8 Å². The van der Waals surface area contributed by atoms with Gasteiger partial charge in [-0.25, -0.2) is 0 Å². The smallest absolute Gasteiger partial charge is 0.408 e. The van der Waals surface area contributed by atoms with Gasteiger partial charge in [0.25, 0.3) is 0 Å². The predicted octanol–water partition coefficient (Wildman–Crippen LogP) is 2.47. The van der Waals surface area contributed by atoms with Crippen LogP contribution < -0.4 is 5.32 Å². The molecule has 0 fully saturated rings. The fraction of sp³-hybridized carbons (Fsp3) is 0.688. The number of nitrogens with zero attached hydrogens (tertiary/aromatic N) is 2. The van der Waals surface area contributed by atoms with Crippen LogP contribution in [-0.2, 0) is 22.6 Å². The highest BCUT2D eigenvalue weighted by molar-refractivity contribution is 5.80. The molecule has 1 aromatic heterocycles. The minimum atomic E-state index is -4.39. The van der Waals surface area contributed by atoms with Crippen LogP contribution in [0.25, 0.3) is 0 Å². The van der Waals surface area contributed by atoms with Gasteiger partial charge in [0.1, 0.15) is 6.54 Å². The van der Waals surface area contributed by atoms with E-state index in [-0.39, 0.29) is 24.6 Å². The van der Waals surface area contributed by atoms with Crippen molar-refractivity contribution in [3.8, 4) is 0 Å². The first-order valence-electron chi connectivity index (χ1n) is 7.99. The molecule has 0 aliphatic carbocycles. The Morgan fingerprint density at radius 1 is 1.28 bits per heavy atom. The van der Waals surface area contributed by atoms with Gasteiger partial charge in [0, 0.05) is 17.8 Å². The van der Waals surface area contributed by atoms with Gasteiger partial charge in [-0.1, -0.05) is 13.8 Å². The second kappa shape index (κ2) is 8.35. The third-order valence-corrected chi connectivity index (χ3v) is 3.85. The average Bonchev–Trinajstić information content (AvgIpc) is 2.68. The zero-order valence-corrected chi connectivity index (χ0v) is 14.8. The average molecular weight is 363 g/mol. The zero-order chi connectivity index (χ0) is 19.4. The van der Waals surface area contributed by atoms with E-state index >= 15 is 0 Å². The summed E-state index contributed by atoms with van der Waals surface area (Å²) in [6.45, 7) is 5.57. The molecule has 25 heavy (non-hydrogen) atoms. The van der Waals surface area contributed by atoms with Crippen molar-refractivity contribution in [3.63, 3.8) is 0 Å². The summed E-state index contributed by atoms with van der Waals surface area (Å²) in [7, 11) is 0. The van der Waals surface area contributed by atoms with E-state index in [4.69, 9.17) is 5.11 Å². The van der Waals surface area contributed by atoms with Gasteiger partial charge in [0.2, 0.25) is 5.91 Å². The summed E-state index contributed by atoms with van der Waals surface area (Å²) in [5.74, 6) is -1.95. The van der Waals surface area contributed by atoms with Crippen molar-refractivity contribution in [1.82, 2.24) is 15.1 Å². The van der Waals surface area contributed by atoms with E-state index in [0.717, 1.165) is 4.68 Å². The van der Waals surface area contributed by atoms with E-state index in [2.05, 4.69) is 10.4 Å². The van der Waals surface area contributed by atoms with Crippen molar-refractivity contribution in [3.05, 3.63) is 17.0 Å². The van der Waals surface area contributed by atoms with Crippen LogP contribution in [0.5, 0.6) is 0 Å². The Morgan fingerprint density at radius 3 is 2.36 bits per heavy atom. The molecule has 0 aliphatic rings. The summed E-state index contributed by atoms with van der Waals surface area (Å²) >= 11 is 0. The SMILES string of the molecule is Cc1nn(CC(F)(F)F)c(C)c1CC(=O)NCC(CC(C)C)C(=O)O. The van der Waals surface area contributed by atoms with Crippen LogP contribution >= 0.6 is 0 Å². The number of halogens is 3. The summed E-state index contributed by atoms with van der Waals surface area (Å²) in [4.78, 5) is 23.2. The predicted molar refractivity (Wildman–Crippen MR) is 85.1 cm³/mol. The second-order valence-corrected chi connectivity index (χ2v) is 6.57. The van der Waals surface area contributed by atoms with Crippen molar-refractivity contribution in [2.75, 3.05) is 6.54 Å². The minimum Gasteiger partial charge on any atom is -0.481 e. The molecule has 0 bridgehead atoms. The summed E-state index contributed by atoms with van der Waals surface area (Å²) in [5.41, 5.74) is 1.06. The zero-order valence-electron chi connectivity index (χ0n) is 14.8. The van der Waals surface area contributed by atoms with Crippen molar-refractivity contribution in [2.45, 2.75) is 53.3 Å². The first kappa shape index (κ1) is 21.0. The van der Waals surface area contributed by atoms with Gasteiger partial charge in [-0.05, 0) is 26.2 Å². The van der Waals surface area contributed by atoms with Gasteiger partial charge >= 0.3 is 12.1 Å². The van der Waals surface area contributed by atoms with E-state index in [1.54, 1.807) is 6.92 Å². The lowest BCUT2D eigenvalue weighted by atomic mass is 9.97. The topological polar surface area (TPSA) is 84.2 Å². The number of alkyl halides is 3. The minimum absolute atomic E-state index is 0.0128. The number of carbonyl (C=O) groups excluding carboxylic acids is 1. The number of nitrogens with one attached hydrogen (secondary N) is 1. The van der Waals surface area contributed by atoms with Gasteiger partial charge in [-0.2, -0.15) is 18.3 Å². The Hall–Kier alpha value is -2.06. The molecule has 1 atom stereocenters. The number of hydrogen-bond acceptors (Lipinski definition) is 3. The number of amides is 1. The maximum absolute atomic E-state index is 12.5. The van der Waals surface area contributed by atoms with Gasteiger partial charge in [-0.15, -0.1) is 0 Å². The molecule has 0 aliphatic heterocycles. The lowest BCUT2D eigenvalue weighted by molar-refractivity contribution is -0.143. The highest BCUT2D eigenvalue weighted by atomic mass is 19.4. The van der Waals surface area contributed by atoms with Crippen LogP contribution in [-0.4, -0.2) is 39.5 Å².